The number of nitrogens with zero attached hydrogens (tertiary/aromatic N) is 4. The maximum absolute atomic E-state index is 13.1. The summed E-state index contributed by atoms with van der Waals surface area (Å²) >= 11 is 5.97. The highest BCUT2D eigenvalue weighted by Gasteiger charge is 2.36. The summed E-state index contributed by atoms with van der Waals surface area (Å²) in [5.41, 5.74) is 3.72. The highest BCUT2D eigenvalue weighted by Crippen LogP contribution is 2.30. The van der Waals surface area contributed by atoms with Gasteiger partial charge in [-0.15, -0.1) is 0 Å². The maximum Gasteiger partial charge on any atom is 0.262 e. The minimum absolute atomic E-state index is 0.0945. The summed E-state index contributed by atoms with van der Waals surface area (Å²) in [6, 6.07) is 24.1. The number of carbonyl (C=O) groups is 2. The molecular formula is C25H20ClN5O2. The first kappa shape index (κ1) is 20.9. The number of carbonyl (C=O) groups excluding carboxylic acids is 2. The molecule has 0 bridgehead atoms. The number of halogens is 1. The van der Waals surface area contributed by atoms with Crippen LogP contribution in [-0.2, 0) is 4.79 Å². The van der Waals surface area contributed by atoms with Crippen LogP contribution in [0.3, 0.4) is 0 Å². The van der Waals surface area contributed by atoms with Gasteiger partial charge in [-0.3, -0.25) is 14.6 Å². The van der Waals surface area contributed by atoms with E-state index in [-0.39, 0.29) is 18.4 Å². The predicted molar refractivity (Wildman–Crippen MR) is 129 cm³/mol. The summed E-state index contributed by atoms with van der Waals surface area (Å²) in [5.74, 6) is -0.00160. The lowest BCUT2D eigenvalue weighted by Crippen LogP contribution is -2.54. The normalized spacial score (nSPS) is 17.4. The van der Waals surface area contributed by atoms with E-state index in [0.29, 0.717) is 22.1 Å². The molecule has 0 aromatic heterocycles. The van der Waals surface area contributed by atoms with E-state index in [2.05, 4.69) is 10.4 Å². The zero-order valence-corrected chi connectivity index (χ0v) is 18.5. The third-order valence-corrected chi connectivity index (χ3v) is 5.81. The van der Waals surface area contributed by atoms with E-state index in [1.807, 2.05) is 59.5 Å². The van der Waals surface area contributed by atoms with E-state index in [0.717, 1.165) is 16.8 Å². The first-order valence-corrected chi connectivity index (χ1v) is 10.8. The standard InChI is InChI=1S/C25H20ClN5O2/c1-30-21(32)15-31-20-10-6-5-9-19(20)22(16-7-3-2-4-8-16)27-23(24(31)29-30)28-25(33)17-11-13-18(26)14-12-17/h2-14,23H,15H2,1H3,(H,28,33). The van der Waals surface area contributed by atoms with Crippen molar-refractivity contribution >= 4 is 40.6 Å². The molecule has 2 aliphatic heterocycles. The number of hydrogen-bond acceptors (Lipinski definition) is 5. The van der Waals surface area contributed by atoms with Gasteiger partial charge in [0.2, 0.25) is 0 Å². The second kappa shape index (κ2) is 8.52. The lowest BCUT2D eigenvalue weighted by molar-refractivity contribution is -0.128. The van der Waals surface area contributed by atoms with Crippen LogP contribution in [0.2, 0.25) is 5.02 Å². The molecule has 0 spiro atoms. The Morgan fingerprint density at radius 2 is 1.70 bits per heavy atom. The Kier molecular flexibility index (Phi) is 5.40. The first-order chi connectivity index (χ1) is 16.0. The number of fused-ring (bicyclic) bond motifs is 3. The quantitative estimate of drug-likeness (QED) is 0.653. The molecule has 0 aliphatic carbocycles. The van der Waals surface area contributed by atoms with Crippen molar-refractivity contribution in [2.45, 2.75) is 6.17 Å². The number of hydrazone groups is 1. The number of amidine groups is 1. The minimum atomic E-state index is -0.814. The summed E-state index contributed by atoms with van der Waals surface area (Å²) in [5, 5.41) is 9.32. The van der Waals surface area contributed by atoms with Gasteiger partial charge in [0.25, 0.3) is 11.8 Å². The van der Waals surface area contributed by atoms with Gasteiger partial charge in [-0.05, 0) is 30.3 Å². The van der Waals surface area contributed by atoms with Crippen LogP contribution in [0.25, 0.3) is 0 Å². The molecule has 33 heavy (non-hydrogen) atoms. The summed E-state index contributed by atoms with van der Waals surface area (Å²) in [6.45, 7) is 0.0945. The molecule has 0 radical (unpaired) electrons. The molecule has 8 heteroatoms. The van der Waals surface area contributed by atoms with Gasteiger partial charge in [-0.25, -0.2) is 5.01 Å². The van der Waals surface area contributed by atoms with Gasteiger partial charge >= 0.3 is 0 Å². The first-order valence-electron chi connectivity index (χ1n) is 10.4. The molecule has 5 rings (SSSR count). The van der Waals surface area contributed by atoms with Gasteiger partial charge < -0.3 is 10.2 Å². The number of likely N-dealkylation sites (N-methyl/N-ethyl adjacent to an activating group) is 1. The Labute approximate surface area is 196 Å². The zero-order valence-electron chi connectivity index (χ0n) is 17.8. The second-order valence-corrected chi connectivity index (χ2v) is 8.14. The summed E-state index contributed by atoms with van der Waals surface area (Å²) < 4.78 is 0. The SMILES string of the molecule is CN1N=C2C(NC(=O)c3ccc(Cl)cc3)N=C(c3ccccc3)c3ccccc3N2CC1=O. The number of benzene rings is 3. The van der Waals surface area contributed by atoms with Crippen LogP contribution in [0.15, 0.2) is 89.0 Å². The van der Waals surface area contributed by atoms with E-state index in [1.54, 1.807) is 31.3 Å². The van der Waals surface area contributed by atoms with Gasteiger partial charge in [-0.2, -0.15) is 5.10 Å². The molecule has 2 amide bonds. The van der Waals surface area contributed by atoms with Crippen molar-refractivity contribution in [2.75, 3.05) is 18.5 Å². The molecule has 2 aliphatic rings. The minimum Gasteiger partial charge on any atom is -0.324 e. The average molecular weight is 458 g/mol. The van der Waals surface area contributed by atoms with Gasteiger partial charge in [0.15, 0.2) is 12.0 Å². The maximum atomic E-state index is 13.1. The second-order valence-electron chi connectivity index (χ2n) is 7.71. The Hall–Kier alpha value is -3.97. The highest BCUT2D eigenvalue weighted by molar-refractivity contribution is 6.30. The van der Waals surface area contributed by atoms with E-state index >= 15 is 0 Å². The molecule has 0 fully saturated rings. The van der Waals surface area contributed by atoms with Crippen LogP contribution < -0.4 is 10.2 Å². The molecule has 1 unspecified atom stereocenters. The number of para-hydroxylation sites is 1. The zero-order chi connectivity index (χ0) is 22.9. The van der Waals surface area contributed by atoms with Crippen molar-refractivity contribution in [1.29, 1.82) is 0 Å². The van der Waals surface area contributed by atoms with Gasteiger partial charge in [0.1, 0.15) is 6.54 Å². The fraction of sp³-hybridized carbons (Fsp3) is 0.120. The molecule has 1 N–H and O–H groups in total. The molecule has 1 atom stereocenters. The third kappa shape index (κ3) is 3.99. The van der Waals surface area contributed by atoms with Gasteiger partial charge in [0.05, 0.1) is 11.4 Å². The van der Waals surface area contributed by atoms with Crippen LogP contribution in [0.4, 0.5) is 5.69 Å². The molecule has 7 nitrogen and oxygen atoms in total. The fourth-order valence-corrected chi connectivity index (χ4v) is 4.02. The van der Waals surface area contributed by atoms with E-state index < -0.39 is 6.17 Å². The molecule has 3 aromatic carbocycles. The van der Waals surface area contributed by atoms with Crippen molar-refractivity contribution in [3.05, 3.63) is 101 Å². The number of rotatable bonds is 3. The number of anilines is 1. The largest absolute Gasteiger partial charge is 0.324 e. The fourth-order valence-electron chi connectivity index (χ4n) is 3.89. The third-order valence-electron chi connectivity index (χ3n) is 5.56. The van der Waals surface area contributed by atoms with Crippen LogP contribution in [-0.4, -0.2) is 48.1 Å². The molecule has 3 aromatic rings. The average Bonchev–Trinajstić information content (AvgIpc) is 2.96. The summed E-state index contributed by atoms with van der Waals surface area (Å²) in [4.78, 5) is 32.4. The van der Waals surface area contributed by atoms with Crippen molar-refractivity contribution < 1.29 is 9.59 Å². The van der Waals surface area contributed by atoms with Crippen LogP contribution in [0.5, 0.6) is 0 Å². The number of aliphatic imine (C=N–C) groups is 1. The molecule has 2 heterocycles. The van der Waals surface area contributed by atoms with Crippen LogP contribution in [0.1, 0.15) is 21.5 Å². The van der Waals surface area contributed by atoms with Crippen LogP contribution in [0, 0.1) is 0 Å². The topological polar surface area (TPSA) is 77.4 Å². The van der Waals surface area contributed by atoms with Crippen molar-refractivity contribution in [1.82, 2.24) is 10.3 Å². The number of nitrogens with one attached hydrogen (secondary N) is 1. The van der Waals surface area contributed by atoms with Crippen molar-refractivity contribution in [2.24, 2.45) is 10.1 Å². The van der Waals surface area contributed by atoms with Crippen molar-refractivity contribution in [3.8, 4) is 0 Å². The monoisotopic (exact) mass is 457 g/mol. The summed E-state index contributed by atoms with van der Waals surface area (Å²) in [6.07, 6.45) is -0.814. The van der Waals surface area contributed by atoms with Gasteiger partial charge in [0, 0.05) is 28.8 Å². The number of amides is 2. The predicted octanol–water partition coefficient (Wildman–Crippen LogP) is 3.54. The lowest BCUT2D eigenvalue weighted by Gasteiger charge is -2.33. The molecule has 0 saturated carbocycles. The van der Waals surface area contributed by atoms with E-state index in [9.17, 15) is 9.59 Å². The van der Waals surface area contributed by atoms with Gasteiger partial charge in [-0.1, -0.05) is 60.1 Å². The Morgan fingerprint density at radius 3 is 2.45 bits per heavy atom. The Balaban J connectivity index is 1.65. The molecule has 0 saturated heterocycles. The van der Waals surface area contributed by atoms with E-state index in [1.165, 1.54) is 5.01 Å². The highest BCUT2D eigenvalue weighted by atomic mass is 35.5. The molecule has 164 valence electrons. The van der Waals surface area contributed by atoms with E-state index in [4.69, 9.17) is 16.6 Å². The number of hydrogen-bond donors (Lipinski definition) is 1. The van der Waals surface area contributed by atoms with Crippen LogP contribution >= 0.6 is 11.6 Å². The lowest BCUT2D eigenvalue weighted by atomic mass is 10.0. The molecular weight excluding hydrogens is 438 g/mol. The Bertz CT molecular complexity index is 1290. The summed E-state index contributed by atoms with van der Waals surface area (Å²) in [7, 11) is 1.60. The smallest absolute Gasteiger partial charge is 0.262 e. The van der Waals surface area contributed by atoms with Crippen molar-refractivity contribution in [3.63, 3.8) is 0 Å². The Morgan fingerprint density at radius 1 is 1.00 bits per heavy atom.